The lowest BCUT2D eigenvalue weighted by Crippen LogP contribution is -2.50. The molecule has 2 unspecified atom stereocenters. The van der Waals surface area contributed by atoms with Crippen molar-refractivity contribution in [2.24, 2.45) is 34.2 Å². The highest BCUT2D eigenvalue weighted by Crippen LogP contribution is 2.39. The SMILES string of the molecule is CCC(CC)[C@H](NC(C)=O)[C@H]1C(N=C(N)N)CC(C)[C@H]1O. The molecule has 5 atom stereocenters. The van der Waals surface area contributed by atoms with E-state index in [9.17, 15) is 9.90 Å². The summed E-state index contributed by atoms with van der Waals surface area (Å²) in [6.45, 7) is 7.71. The summed E-state index contributed by atoms with van der Waals surface area (Å²) in [6.07, 6.45) is 2.11. The molecule has 0 aromatic carbocycles. The number of hydrogen-bond donors (Lipinski definition) is 4. The van der Waals surface area contributed by atoms with Crippen LogP contribution in [0, 0.1) is 17.8 Å². The normalized spacial score (nSPS) is 30.2. The summed E-state index contributed by atoms with van der Waals surface area (Å²) in [4.78, 5) is 15.9. The Balaban J connectivity index is 3.10. The number of aliphatic hydroxyl groups excluding tert-OH is 1. The molecule has 0 heterocycles. The second kappa shape index (κ2) is 7.64. The zero-order valence-electron chi connectivity index (χ0n) is 13.5. The molecular weight excluding hydrogens is 268 g/mol. The first-order chi connectivity index (χ1) is 9.81. The van der Waals surface area contributed by atoms with Gasteiger partial charge in [0.25, 0.3) is 0 Å². The van der Waals surface area contributed by atoms with Crippen LogP contribution in [0.15, 0.2) is 4.99 Å². The summed E-state index contributed by atoms with van der Waals surface area (Å²) in [5.74, 6) is 0.236. The van der Waals surface area contributed by atoms with Crippen LogP contribution >= 0.6 is 0 Å². The fraction of sp³-hybridized carbons (Fsp3) is 0.867. The Kier molecular flexibility index (Phi) is 6.45. The summed E-state index contributed by atoms with van der Waals surface area (Å²) in [5, 5.41) is 13.6. The minimum atomic E-state index is -0.504. The van der Waals surface area contributed by atoms with E-state index in [-0.39, 0.29) is 35.8 Å². The molecule has 6 nitrogen and oxygen atoms in total. The summed E-state index contributed by atoms with van der Waals surface area (Å²) >= 11 is 0. The van der Waals surface area contributed by atoms with Gasteiger partial charge in [-0.15, -0.1) is 0 Å². The van der Waals surface area contributed by atoms with Gasteiger partial charge in [-0.3, -0.25) is 4.79 Å². The molecule has 122 valence electrons. The first-order valence-corrected chi connectivity index (χ1v) is 7.85. The van der Waals surface area contributed by atoms with E-state index in [2.05, 4.69) is 24.2 Å². The van der Waals surface area contributed by atoms with Crippen molar-refractivity contribution in [3.63, 3.8) is 0 Å². The summed E-state index contributed by atoms with van der Waals surface area (Å²) in [6, 6.07) is -0.247. The van der Waals surface area contributed by atoms with Crippen molar-refractivity contribution in [3.8, 4) is 0 Å². The number of nitrogens with two attached hydrogens (primary N) is 2. The van der Waals surface area contributed by atoms with Crippen molar-refractivity contribution in [1.29, 1.82) is 0 Å². The summed E-state index contributed by atoms with van der Waals surface area (Å²) in [7, 11) is 0. The molecule has 0 spiro atoms. The molecule has 0 aromatic heterocycles. The van der Waals surface area contributed by atoms with Gasteiger partial charge >= 0.3 is 0 Å². The van der Waals surface area contributed by atoms with E-state index >= 15 is 0 Å². The molecule has 0 aromatic rings. The van der Waals surface area contributed by atoms with Gasteiger partial charge in [-0.2, -0.15) is 0 Å². The van der Waals surface area contributed by atoms with E-state index in [4.69, 9.17) is 11.5 Å². The van der Waals surface area contributed by atoms with Crippen molar-refractivity contribution in [1.82, 2.24) is 5.32 Å². The predicted octanol–water partition coefficient (Wildman–Crippen LogP) is 0.586. The molecule has 1 aliphatic rings. The van der Waals surface area contributed by atoms with Gasteiger partial charge in [0.2, 0.25) is 5.91 Å². The van der Waals surface area contributed by atoms with Crippen LogP contribution in [-0.4, -0.2) is 35.2 Å². The lowest BCUT2D eigenvalue weighted by molar-refractivity contribution is -0.120. The van der Waals surface area contributed by atoms with Crippen LogP contribution in [0.3, 0.4) is 0 Å². The molecule has 1 saturated carbocycles. The van der Waals surface area contributed by atoms with Crippen LogP contribution in [0.5, 0.6) is 0 Å². The molecule has 1 aliphatic carbocycles. The second-order valence-electron chi connectivity index (χ2n) is 6.21. The predicted molar refractivity (Wildman–Crippen MR) is 84.6 cm³/mol. The highest BCUT2D eigenvalue weighted by Gasteiger charge is 2.46. The van der Waals surface area contributed by atoms with E-state index < -0.39 is 6.10 Å². The van der Waals surface area contributed by atoms with Gasteiger partial charge in [0.05, 0.1) is 12.1 Å². The smallest absolute Gasteiger partial charge is 0.217 e. The Morgan fingerprint density at radius 1 is 1.38 bits per heavy atom. The largest absolute Gasteiger partial charge is 0.392 e. The molecule has 0 radical (unpaired) electrons. The zero-order valence-corrected chi connectivity index (χ0v) is 13.5. The third-order valence-electron chi connectivity index (χ3n) is 4.69. The van der Waals surface area contributed by atoms with Crippen LogP contribution in [0.4, 0.5) is 0 Å². The van der Waals surface area contributed by atoms with Crippen LogP contribution in [0.2, 0.25) is 0 Å². The Labute approximate surface area is 127 Å². The number of carbonyl (C=O) groups excluding carboxylic acids is 1. The van der Waals surface area contributed by atoms with Gasteiger partial charge in [0, 0.05) is 18.9 Å². The molecule has 0 saturated heterocycles. The third-order valence-corrected chi connectivity index (χ3v) is 4.69. The number of aliphatic hydroxyl groups is 1. The Morgan fingerprint density at radius 2 is 1.95 bits per heavy atom. The van der Waals surface area contributed by atoms with E-state index in [1.807, 2.05) is 6.92 Å². The van der Waals surface area contributed by atoms with Gasteiger partial charge in [-0.05, 0) is 18.3 Å². The number of aliphatic imine (C=N–C) groups is 1. The molecule has 0 aliphatic heterocycles. The second-order valence-corrected chi connectivity index (χ2v) is 6.21. The Morgan fingerprint density at radius 3 is 2.38 bits per heavy atom. The first kappa shape index (κ1) is 17.8. The average Bonchev–Trinajstić information content (AvgIpc) is 2.63. The van der Waals surface area contributed by atoms with Gasteiger partial charge < -0.3 is 21.9 Å². The third kappa shape index (κ3) is 4.33. The number of rotatable bonds is 6. The molecule has 21 heavy (non-hydrogen) atoms. The maximum Gasteiger partial charge on any atom is 0.217 e. The van der Waals surface area contributed by atoms with Crippen LogP contribution in [0.1, 0.15) is 47.0 Å². The highest BCUT2D eigenvalue weighted by atomic mass is 16.3. The van der Waals surface area contributed by atoms with Crippen molar-refractivity contribution in [3.05, 3.63) is 0 Å². The van der Waals surface area contributed by atoms with Gasteiger partial charge in [-0.1, -0.05) is 33.6 Å². The van der Waals surface area contributed by atoms with Crippen LogP contribution in [0.25, 0.3) is 0 Å². The fourth-order valence-electron chi connectivity index (χ4n) is 3.63. The first-order valence-electron chi connectivity index (χ1n) is 7.85. The number of carbonyl (C=O) groups is 1. The number of guanidine groups is 1. The fourth-order valence-corrected chi connectivity index (χ4v) is 3.63. The molecule has 1 rings (SSSR count). The molecule has 1 fully saturated rings. The van der Waals surface area contributed by atoms with Gasteiger partial charge in [-0.25, -0.2) is 4.99 Å². The van der Waals surface area contributed by atoms with E-state index in [1.165, 1.54) is 6.92 Å². The minimum absolute atomic E-state index is 0.0393. The molecule has 0 bridgehead atoms. The Bertz CT molecular complexity index is 378. The van der Waals surface area contributed by atoms with Crippen molar-refractivity contribution >= 4 is 11.9 Å². The van der Waals surface area contributed by atoms with Crippen LogP contribution in [-0.2, 0) is 4.79 Å². The molecule has 1 amide bonds. The molecule has 6 heteroatoms. The average molecular weight is 298 g/mol. The minimum Gasteiger partial charge on any atom is -0.392 e. The van der Waals surface area contributed by atoms with Gasteiger partial charge in [0.15, 0.2) is 5.96 Å². The van der Waals surface area contributed by atoms with Crippen molar-refractivity contribution < 1.29 is 9.90 Å². The standard InChI is InChI=1S/C15H30N4O2/c1-5-10(6-2)13(18-9(4)20)12-11(19-15(16)17)7-8(3)14(12)21/h8,10-14,21H,5-7H2,1-4H3,(H,18,20)(H4,16,17,19)/t8?,11?,12-,13+,14-/m1/s1. The Hall–Kier alpha value is -1.30. The molecular formula is C15H30N4O2. The monoisotopic (exact) mass is 298 g/mol. The zero-order chi connectivity index (χ0) is 16.2. The van der Waals surface area contributed by atoms with Crippen molar-refractivity contribution in [2.45, 2.75) is 65.1 Å². The number of nitrogens with zero attached hydrogens (tertiary/aromatic N) is 1. The van der Waals surface area contributed by atoms with E-state index in [1.54, 1.807) is 0 Å². The number of hydrogen-bond acceptors (Lipinski definition) is 3. The lowest BCUT2D eigenvalue weighted by atomic mass is 9.80. The van der Waals surface area contributed by atoms with E-state index in [0.717, 1.165) is 19.3 Å². The lowest BCUT2D eigenvalue weighted by Gasteiger charge is -2.35. The van der Waals surface area contributed by atoms with Crippen LogP contribution < -0.4 is 16.8 Å². The molecule has 6 N–H and O–H groups in total. The summed E-state index contributed by atoms with van der Waals surface area (Å²) in [5.41, 5.74) is 11.1. The van der Waals surface area contributed by atoms with Gasteiger partial charge in [0.1, 0.15) is 0 Å². The maximum atomic E-state index is 11.6. The topological polar surface area (TPSA) is 114 Å². The summed E-state index contributed by atoms with van der Waals surface area (Å²) < 4.78 is 0. The van der Waals surface area contributed by atoms with E-state index in [0.29, 0.717) is 5.92 Å². The number of amides is 1. The number of nitrogens with one attached hydrogen (secondary N) is 1. The maximum absolute atomic E-state index is 11.6. The quantitative estimate of drug-likeness (QED) is 0.424. The van der Waals surface area contributed by atoms with Crippen molar-refractivity contribution in [2.75, 3.05) is 0 Å². The highest BCUT2D eigenvalue weighted by molar-refractivity contribution is 5.76.